The molecule has 3 heterocycles. The van der Waals surface area contributed by atoms with Crippen LogP contribution < -0.4 is 0 Å². The molecule has 0 unspecified atom stereocenters. The van der Waals surface area contributed by atoms with Gasteiger partial charge in [-0.1, -0.05) is 121 Å². The minimum atomic E-state index is -0.547. The number of pyridine rings is 2. The fraction of sp³-hybridized carbons (Fsp3) is 0.0213. The second kappa shape index (κ2) is 11.5. The van der Waals surface area contributed by atoms with Crippen molar-refractivity contribution >= 4 is 31.5 Å². The van der Waals surface area contributed by atoms with E-state index in [0.717, 1.165) is 5.56 Å². The maximum Gasteiger partial charge on any atom is 0.0714 e. The van der Waals surface area contributed by atoms with Gasteiger partial charge in [0.15, 0.2) is 0 Å². The first kappa shape index (κ1) is 28.8. The molecule has 0 amide bonds. The molecule has 3 heteroatoms. The lowest BCUT2D eigenvalue weighted by molar-refractivity contribution is 0.769. The Kier molecular flexibility index (Phi) is 6.61. The van der Waals surface area contributed by atoms with Gasteiger partial charge in [-0.3, -0.25) is 9.97 Å². The molecule has 0 radical (unpaired) electrons. The third kappa shape index (κ3) is 4.27. The Bertz CT molecular complexity index is 2620. The molecule has 0 atom stereocenters. The predicted octanol–water partition coefficient (Wildman–Crippen LogP) is 12.2. The number of fused-ring (bicyclic) bond motifs is 7. The molecule has 0 aliphatic heterocycles. The monoisotopic (exact) mass is 654 g/mol. The van der Waals surface area contributed by atoms with Crippen LogP contribution in [0.3, 0.4) is 0 Å². The largest absolute Gasteiger partial charge is 0.265 e. The van der Waals surface area contributed by atoms with Crippen molar-refractivity contribution in [2.75, 3.05) is 0 Å². The third-order valence-corrected chi connectivity index (χ3v) is 11.6. The average molecular weight is 655 g/mol. The molecule has 0 saturated carbocycles. The molecule has 1 aliphatic rings. The molecule has 0 bridgehead atoms. The minimum absolute atomic E-state index is 0.547. The zero-order chi connectivity index (χ0) is 33.1. The molecular formula is C47H30N2S. The standard InChI is InChI=1S/C47H30N2S/c1-3-11-36(12-4-1)47(37-13-5-2-6-14-37)41-28-34(35-10-9-25-49-30-35)21-22-38(41)44-42(47)29-40(46-45(44)39-15-7-8-16-43(39)50-46)33-19-17-31(18-20-33)32-23-26-48-27-24-32/h1-30H. The van der Waals surface area contributed by atoms with E-state index in [4.69, 9.17) is 0 Å². The predicted molar refractivity (Wildman–Crippen MR) is 209 cm³/mol. The van der Waals surface area contributed by atoms with E-state index in [0.29, 0.717) is 0 Å². The number of benzene rings is 6. The molecule has 1 aliphatic carbocycles. The number of hydrogen-bond donors (Lipinski definition) is 0. The molecule has 6 aromatic carbocycles. The zero-order valence-corrected chi connectivity index (χ0v) is 27.9. The molecule has 0 spiro atoms. The van der Waals surface area contributed by atoms with Crippen LogP contribution >= 0.6 is 11.3 Å². The van der Waals surface area contributed by atoms with Gasteiger partial charge in [0, 0.05) is 45.0 Å². The molecule has 50 heavy (non-hydrogen) atoms. The summed E-state index contributed by atoms with van der Waals surface area (Å²) in [7, 11) is 0. The Labute approximate surface area is 295 Å². The van der Waals surface area contributed by atoms with Crippen LogP contribution in [0.1, 0.15) is 22.3 Å². The maximum atomic E-state index is 4.48. The van der Waals surface area contributed by atoms with Crippen LogP contribution in [0.15, 0.2) is 183 Å². The molecule has 0 saturated heterocycles. The molecular weight excluding hydrogens is 625 g/mol. The Morgan fingerprint density at radius 1 is 0.440 bits per heavy atom. The average Bonchev–Trinajstić information content (AvgIpc) is 3.73. The van der Waals surface area contributed by atoms with Crippen molar-refractivity contribution in [3.63, 3.8) is 0 Å². The maximum absolute atomic E-state index is 4.48. The lowest BCUT2D eigenvalue weighted by atomic mass is 9.67. The van der Waals surface area contributed by atoms with Crippen molar-refractivity contribution in [2.24, 2.45) is 0 Å². The van der Waals surface area contributed by atoms with Crippen molar-refractivity contribution in [2.45, 2.75) is 5.41 Å². The van der Waals surface area contributed by atoms with E-state index in [1.54, 1.807) is 0 Å². The lowest BCUT2D eigenvalue weighted by Crippen LogP contribution is -2.28. The summed E-state index contributed by atoms with van der Waals surface area (Å²) in [6.45, 7) is 0. The van der Waals surface area contributed by atoms with Crippen molar-refractivity contribution in [3.8, 4) is 44.5 Å². The van der Waals surface area contributed by atoms with Gasteiger partial charge in [-0.05, 0) is 103 Å². The summed E-state index contributed by atoms with van der Waals surface area (Å²) in [4.78, 5) is 8.71. The van der Waals surface area contributed by atoms with Gasteiger partial charge < -0.3 is 0 Å². The van der Waals surface area contributed by atoms with Crippen molar-refractivity contribution in [1.82, 2.24) is 9.97 Å². The van der Waals surface area contributed by atoms with E-state index < -0.39 is 5.41 Å². The second-order valence-electron chi connectivity index (χ2n) is 12.9. The second-order valence-corrected chi connectivity index (χ2v) is 14.0. The quantitative estimate of drug-likeness (QED) is 0.185. The van der Waals surface area contributed by atoms with Gasteiger partial charge >= 0.3 is 0 Å². The normalized spacial score (nSPS) is 13.0. The first-order valence-electron chi connectivity index (χ1n) is 17.0. The van der Waals surface area contributed by atoms with E-state index in [9.17, 15) is 0 Å². The molecule has 0 fully saturated rings. The summed E-state index contributed by atoms with van der Waals surface area (Å²) >= 11 is 1.90. The van der Waals surface area contributed by atoms with Crippen LogP contribution in [0.2, 0.25) is 0 Å². The van der Waals surface area contributed by atoms with E-state index in [1.807, 2.05) is 42.2 Å². The summed E-state index contributed by atoms with van der Waals surface area (Å²) in [6.07, 6.45) is 7.52. The van der Waals surface area contributed by atoms with E-state index in [2.05, 4.69) is 162 Å². The third-order valence-electron chi connectivity index (χ3n) is 10.4. The van der Waals surface area contributed by atoms with E-state index >= 15 is 0 Å². The SMILES string of the molecule is c1ccc(C2(c3ccccc3)c3cc(-c4cccnc4)ccc3-c3c2cc(-c2ccc(-c4ccncc4)cc2)c2sc4ccccc4c32)cc1. The van der Waals surface area contributed by atoms with Crippen LogP contribution in [0.5, 0.6) is 0 Å². The Hall–Kier alpha value is -6.16. The highest BCUT2D eigenvalue weighted by Gasteiger charge is 2.47. The Balaban J connectivity index is 1.35. The highest BCUT2D eigenvalue weighted by Crippen LogP contribution is 2.61. The lowest BCUT2D eigenvalue weighted by Gasteiger charge is -2.34. The van der Waals surface area contributed by atoms with Crippen LogP contribution in [0.4, 0.5) is 0 Å². The number of rotatable bonds is 5. The van der Waals surface area contributed by atoms with Crippen molar-refractivity contribution < 1.29 is 0 Å². The number of hydrogen-bond acceptors (Lipinski definition) is 3. The van der Waals surface area contributed by atoms with Gasteiger partial charge in [0.2, 0.25) is 0 Å². The highest BCUT2D eigenvalue weighted by atomic mass is 32.1. The van der Waals surface area contributed by atoms with Gasteiger partial charge in [-0.15, -0.1) is 11.3 Å². The summed E-state index contributed by atoms with van der Waals surface area (Å²) in [5.41, 5.74) is 14.3. The molecule has 2 nitrogen and oxygen atoms in total. The fourth-order valence-electron chi connectivity index (χ4n) is 8.17. The molecule has 0 N–H and O–H groups in total. The zero-order valence-electron chi connectivity index (χ0n) is 27.1. The molecule has 234 valence electrons. The fourth-order valence-corrected chi connectivity index (χ4v) is 9.42. The molecule has 9 aromatic rings. The minimum Gasteiger partial charge on any atom is -0.265 e. The van der Waals surface area contributed by atoms with Crippen LogP contribution in [-0.2, 0) is 5.41 Å². The summed E-state index contributed by atoms with van der Waals surface area (Å²) in [5, 5.41) is 2.64. The van der Waals surface area contributed by atoms with Gasteiger partial charge in [0.1, 0.15) is 0 Å². The van der Waals surface area contributed by atoms with E-state index in [-0.39, 0.29) is 0 Å². The van der Waals surface area contributed by atoms with Crippen LogP contribution in [-0.4, -0.2) is 9.97 Å². The first-order chi connectivity index (χ1) is 24.8. The number of thiophene rings is 1. The number of nitrogens with zero attached hydrogens (tertiary/aromatic N) is 2. The molecule has 3 aromatic heterocycles. The van der Waals surface area contributed by atoms with E-state index in [1.165, 1.54) is 81.4 Å². The van der Waals surface area contributed by atoms with Crippen molar-refractivity contribution in [1.29, 1.82) is 0 Å². The molecule has 10 rings (SSSR count). The van der Waals surface area contributed by atoms with Gasteiger partial charge in [-0.2, -0.15) is 0 Å². The Morgan fingerprint density at radius 2 is 1.10 bits per heavy atom. The van der Waals surface area contributed by atoms with Crippen molar-refractivity contribution in [3.05, 3.63) is 205 Å². The van der Waals surface area contributed by atoms with Gasteiger partial charge in [0.05, 0.1) is 5.41 Å². The summed E-state index contributed by atoms with van der Waals surface area (Å²) in [5.74, 6) is 0. The summed E-state index contributed by atoms with van der Waals surface area (Å²) in [6, 6.07) is 58.1. The first-order valence-corrected chi connectivity index (χ1v) is 17.8. The highest BCUT2D eigenvalue weighted by molar-refractivity contribution is 7.26. The van der Waals surface area contributed by atoms with Crippen LogP contribution in [0.25, 0.3) is 64.7 Å². The van der Waals surface area contributed by atoms with Crippen LogP contribution in [0, 0.1) is 0 Å². The van der Waals surface area contributed by atoms with Gasteiger partial charge in [0.25, 0.3) is 0 Å². The Morgan fingerprint density at radius 3 is 1.82 bits per heavy atom. The van der Waals surface area contributed by atoms with Gasteiger partial charge in [-0.25, -0.2) is 0 Å². The number of aromatic nitrogens is 2. The summed E-state index contributed by atoms with van der Waals surface area (Å²) < 4.78 is 2.62. The smallest absolute Gasteiger partial charge is 0.0714 e. The topological polar surface area (TPSA) is 25.8 Å².